The van der Waals surface area contributed by atoms with E-state index in [9.17, 15) is 8.78 Å². The largest absolute Gasteiger partial charge is 0.315 e. The fourth-order valence-electron chi connectivity index (χ4n) is 2.03. The Morgan fingerprint density at radius 3 is 2.79 bits per heavy atom. The van der Waals surface area contributed by atoms with Crippen LogP contribution >= 0.6 is 0 Å². The maximum Gasteiger partial charge on any atom is 0.251 e. The lowest BCUT2D eigenvalue weighted by molar-refractivity contribution is 0.0582. The van der Waals surface area contributed by atoms with E-state index in [1.165, 1.54) is 0 Å². The summed E-state index contributed by atoms with van der Waals surface area (Å²) in [5, 5.41) is 3.26. The highest BCUT2D eigenvalue weighted by Crippen LogP contribution is 2.12. The molecule has 0 bridgehead atoms. The zero-order valence-electron chi connectivity index (χ0n) is 8.81. The van der Waals surface area contributed by atoms with Crippen LogP contribution < -0.4 is 5.32 Å². The average Bonchev–Trinajstić information content (AvgIpc) is 2.18. The summed E-state index contributed by atoms with van der Waals surface area (Å²) in [4.78, 5) is 1.93. The summed E-state index contributed by atoms with van der Waals surface area (Å²) in [5.74, 6) is 0. The van der Waals surface area contributed by atoms with Crippen molar-refractivity contribution in [2.75, 3.05) is 26.2 Å². The van der Waals surface area contributed by atoms with E-state index in [1.807, 2.05) is 11.8 Å². The van der Waals surface area contributed by atoms with Crippen molar-refractivity contribution in [1.29, 1.82) is 0 Å². The van der Waals surface area contributed by atoms with E-state index in [0.29, 0.717) is 6.04 Å². The van der Waals surface area contributed by atoms with Gasteiger partial charge >= 0.3 is 0 Å². The molecule has 1 rings (SSSR count). The van der Waals surface area contributed by atoms with Crippen molar-refractivity contribution in [3.63, 3.8) is 0 Å². The van der Waals surface area contributed by atoms with Gasteiger partial charge in [0.1, 0.15) is 0 Å². The van der Waals surface area contributed by atoms with Crippen LogP contribution in [-0.2, 0) is 0 Å². The third kappa shape index (κ3) is 3.88. The van der Waals surface area contributed by atoms with Gasteiger partial charge in [0, 0.05) is 12.6 Å². The molecule has 1 N–H and O–H groups in total. The smallest absolute Gasteiger partial charge is 0.251 e. The zero-order valence-corrected chi connectivity index (χ0v) is 8.81. The van der Waals surface area contributed by atoms with Gasteiger partial charge in [-0.2, -0.15) is 0 Å². The van der Waals surface area contributed by atoms with Crippen LogP contribution in [0.4, 0.5) is 8.78 Å². The van der Waals surface area contributed by atoms with Crippen LogP contribution in [0, 0.1) is 0 Å². The van der Waals surface area contributed by atoms with Gasteiger partial charge in [0.25, 0.3) is 6.43 Å². The fourth-order valence-corrected chi connectivity index (χ4v) is 2.03. The molecule has 1 atom stereocenters. The molecule has 0 amide bonds. The molecule has 0 saturated carbocycles. The van der Waals surface area contributed by atoms with Crippen LogP contribution in [0.25, 0.3) is 0 Å². The number of hydrogen-bond acceptors (Lipinski definition) is 2. The number of halogens is 2. The molecule has 1 aliphatic rings. The van der Waals surface area contributed by atoms with Crippen molar-refractivity contribution in [2.24, 2.45) is 0 Å². The number of hydrogen-bond donors (Lipinski definition) is 1. The first-order valence-corrected chi connectivity index (χ1v) is 5.47. The fraction of sp³-hybridized carbons (Fsp3) is 1.00. The molecule has 14 heavy (non-hydrogen) atoms. The van der Waals surface area contributed by atoms with Gasteiger partial charge in [0.05, 0.1) is 6.54 Å². The molecule has 0 radical (unpaired) electrons. The van der Waals surface area contributed by atoms with Crippen LogP contribution in [0.15, 0.2) is 0 Å². The Hall–Kier alpha value is -0.220. The summed E-state index contributed by atoms with van der Waals surface area (Å²) in [6.45, 7) is 4.66. The van der Waals surface area contributed by atoms with Crippen molar-refractivity contribution >= 4 is 0 Å². The van der Waals surface area contributed by atoms with E-state index in [2.05, 4.69) is 5.32 Å². The highest BCUT2D eigenvalue weighted by molar-refractivity contribution is 4.78. The Morgan fingerprint density at radius 2 is 2.29 bits per heavy atom. The van der Waals surface area contributed by atoms with E-state index in [1.54, 1.807) is 0 Å². The van der Waals surface area contributed by atoms with Crippen LogP contribution in [0.2, 0.25) is 0 Å². The third-order valence-corrected chi connectivity index (χ3v) is 2.67. The minimum Gasteiger partial charge on any atom is -0.315 e. The zero-order chi connectivity index (χ0) is 10.4. The minimum atomic E-state index is -2.21. The first-order valence-electron chi connectivity index (χ1n) is 5.47. The maximum atomic E-state index is 12.3. The third-order valence-electron chi connectivity index (χ3n) is 2.67. The predicted octanol–water partition coefficient (Wildman–Crippen LogP) is 1.72. The Balaban J connectivity index is 2.38. The number of alkyl halides is 2. The van der Waals surface area contributed by atoms with Crippen molar-refractivity contribution in [2.45, 2.75) is 38.7 Å². The molecule has 1 saturated heterocycles. The van der Waals surface area contributed by atoms with Gasteiger partial charge in [-0.25, -0.2) is 8.78 Å². The van der Waals surface area contributed by atoms with Crippen LogP contribution in [0.1, 0.15) is 26.2 Å². The SMILES string of the molecule is CCCN(CC(F)F)C1CCCNC1. The highest BCUT2D eigenvalue weighted by atomic mass is 19.3. The summed E-state index contributed by atoms with van der Waals surface area (Å²) in [5.41, 5.74) is 0. The topological polar surface area (TPSA) is 15.3 Å². The molecule has 1 unspecified atom stereocenters. The van der Waals surface area contributed by atoms with Crippen LogP contribution in [0.3, 0.4) is 0 Å². The van der Waals surface area contributed by atoms with Gasteiger partial charge in [-0.3, -0.25) is 4.90 Å². The van der Waals surface area contributed by atoms with Gasteiger partial charge in [-0.15, -0.1) is 0 Å². The molecule has 0 aliphatic carbocycles. The molecular formula is C10H20F2N2. The first-order chi connectivity index (χ1) is 6.74. The molecular weight excluding hydrogens is 186 g/mol. The number of nitrogens with one attached hydrogen (secondary N) is 1. The molecule has 84 valence electrons. The highest BCUT2D eigenvalue weighted by Gasteiger charge is 2.22. The molecule has 1 aliphatic heterocycles. The van der Waals surface area contributed by atoms with E-state index in [4.69, 9.17) is 0 Å². The summed E-state index contributed by atoms with van der Waals surface area (Å²) in [6, 6.07) is 0.317. The lowest BCUT2D eigenvalue weighted by Crippen LogP contribution is -2.47. The van der Waals surface area contributed by atoms with Crippen molar-refractivity contribution in [3.8, 4) is 0 Å². The number of rotatable bonds is 5. The lowest BCUT2D eigenvalue weighted by Gasteiger charge is -2.34. The maximum absolute atomic E-state index is 12.3. The second-order valence-electron chi connectivity index (χ2n) is 3.89. The van der Waals surface area contributed by atoms with Crippen molar-refractivity contribution in [1.82, 2.24) is 10.2 Å². The molecule has 0 aromatic carbocycles. The lowest BCUT2D eigenvalue weighted by atomic mass is 10.1. The van der Waals surface area contributed by atoms with Gasteiger partial charge in [0.15, 0.2) is 0 Å². The van der Waals surface area contributed by atoms with Crippen molar-refractivity contribution in [3.05, 3.63) is 0 Å². The predicted molar refractivity (Wildman–Crippen MR) is 53.8 cm³/mol. The van der Waals surface area contributed by atoms with Crippen LogP contribution in [0.5, 0.6) is 0 Å². The van der Waals surface area contributed by atoms with Crippen molar-refractivity contribution < 1.29 is 8.78 Å². The van der Waals surface area contributed by atoms with Gasteiger partial charge in [-0.1, -0.05) is 6.92 Å². The molecule has 0 spiro atoms. The standard InChI is InChI=1S/C10H20F2N2/c1-2-6-14(8-10(11)12)9-4-3-5-13-7-9/h9-10,13H,2-8H2,1H3. The molecule has 4 heteroatoms. The summed E-state index contributed by atoms with van der Waals surface area (Å²) >= 11 is 0. The Bertz CT molecular complexity index is 147. The quantitative estimate of drug-likeness (QED) is 0.736. The molecule has 1 heterocycles. The van der Waals surface area contributed by atoms with E-state index in [0.717, 1.165) is 38.9 Å². The first kappa shape index (κ1) is 11.9. The van der Waals surface area contributed by atoms with E-state index < -0.39 is 6.43 Å². The average molecular weight is 206 g/mol. The monoisotopic (exact) mass is 206 g/mol. The van der Waals surface area contributed by atoms with Gasteiger partial charge in [-0.05, 0) is 32.4 Å². The molecule has 0 aromatic rings. The molecule has 2 nitrogen and oxygen atoms in total. The van der Waals surface area contributed by atoms with Crippen LogP contribution in [-0.4, -0.2) is 43.5 Å². The van der Waals surface area contributed by atoms with Gasteiger partial charge in [0.2, 0.25) is 0 Å². The van der Waals surface area contributed by atoms with E-state index in [-0.39, 0.29) is 6.54 Å². The Labute approximate surface area is 84.7 Å². The summed E-state index contributed by atoms with van der Waals surface area (Å²) in [6.07, 6.45) is 0.903. The van der Waals surface area contributed by atoms with Gasteiger partial charge < -0.3 is 5.32 Å². The normalized spacial score (nSPS) is 23.4. The molecule has 1 fully saturated rings. The second-order valence-corrected chi connectivity index (χ2v) is 3.89. The molecule has 0 aromatic heterocycles. The number of nitrogens with zero attached hydrogens (tertiary/aromatic N) is 1. The number of piperidine rings is 1. The van der Waals surface area contributed by atoms with E-state index >= 15 is 0 Å². The summed E-state index contributed by atoms with van der Waals surface area (Å²) in [7, 11) is 0. The Morgan fingerprint density at radius 1 is 1.50 bits per heavy atom. The second kappa shape index (κ2) is 6.30. The Kier molecular flexibility index (Phi) is 5.33. The summed E-state index contributed by atoms with van der Waals surface area (Å²) < 4.78 is 24.6. The minimum absolute atomic E-state index is 0.0693.